The Morgan fingerprint density at radius 1 is 1.14 bits per heavy atom. The summed E-state index contributed by atoms with van der Waals surface area (Å²) in [5.41, 5.74) is 5.67. The van der Waals surface area contributed by atoms with Crippen molar-refractivity contribution in [1.82, 2.24) is 0 Å². The fraction of sp³-hybridized carbons (Fsp3) is 0.318. The van der Waals surface area contributed by atoms with Gasteiger partial charge in [0.1, 0.15) is 0 Å². The van der Waals surface area contributed by atoms with Crippen LogP contribution in [0.5, 0.6) is 0 Å². The number of nitro benzene ring substituents is 1. The number of allylic oxidation sites excluding steroid dienone is 1. The maximum atomic E-state index is 11.3. The van der Waals surface area contributed by atoms with E-state index in [1.807, 2.05) is 20.2 Å². The first-order valence-corrected chi connectivity index (χ1v) is 11.2. The van der Waals surface area contributed by atoms with E-state index in [1.54, 1.807) is 12.1 Å². The van der Waals surface area contributed by atoms with E-state index in [0.717, 1.165) is 11.3 Å². The maximum absolute atomic E-state index is 11.3. The second kappa shape index (κ2) is 7.66. The number of hydrogen-bond donors (Lipinski definition) is 0. The fourth-order valence-corrected chi connectivity index (χ4v) is 6.04. The highest BCUT2D eigenvalue weighted by molar-refractivity contribution is 14.2. The maximum Gasteiger partial charge on any atom is 0.269 e. The first kappa shape index (κ1) is 20.5. The van der Waals surface area contributed by atoms with E-state index in [1.165, 1.54) is 20.3 Å². The van der Waals surface area contributed by atoms with Gasteiger partial charge in [-0.1, -0.05) is 32.1 Å². The number of benzene rings is 2. The molecule has 0 saturated carbocycles. The van der Waals surface area contributed by atoms with Gasteiger partial charge in [-0.15, -0.1) is 0 Å². The molecule has 148 valence electrons. The lowest BCUT2D eigenvalue weighted by molar-refractivity contribution is -0.384. The average molecular weight is 491 g/mol. The van der Waals surface area contributed by atoms with Crippen LogP contribution < -0.4 is 8.01 Å². The van der Waals surface area contributed by atoms with Crippen LogP contribution in [0.3, 0.4) is 0 Å². The molecule has 2 aromatic rings. The zero-order chi connectivity index (χ0) is 20.6. The first-order valence-electron chi connectivity index (χ1n) is 9.12. The summed E-state index contributed by atoms with van der Waals surface area (Å²) in [6.45, 7) is 6.47. The molecule has 0 N–H and O–H groups in total. The van der Waals surface area contributed by atoms with E-state index in [0.29, 0.717) is 0 Å². The van der Waals surface area contributed by atoms with Gasteiger partial charge in [0.2, 0.25) is 0 Å². The van der Waals surface area contributed by atoms with Gasteiger partial charge >= 0.3 is 0 Å². The quantitative estimate of drug-likeness (QED) is 0.247. The Morgan fingerprint density at radius 3 is 2.46 bits per heavy atom. The van der Waals surface area contributed by atoms with Crippen molar-refractivity contribution in [3.63, 3.8) is 0 Å². The van der Waals surface area contributed by atoms with Gasteiger partial charge < -0.3 is 8.01 Å². The smallest absolute Gasteiger partial charge is 0.269 e. The van der Waals surface area contributed by atoms with Crippen molar-refractivity contribution < 1.29 is 4.92 Å². The third kappa shape index (κ3) is 3.83. The minimum Gasteiger partial charge on any atom is -0.378 e. The molecule has 1 aliphatic rings. The van der Waals surface area contributed by atoms with Crippen LogP contribution in [0.15, 0.2) is 42.5 Å². The molecular weight excluding hydrogens is 465 g/mol. The van der Waals surface area contributed by atoms with Gasteiger partial charge in [-0.25, -0.2) is 0 Å². The van der Waals surface area contributed by atoms with Crippen LogP contribution in [0.1, 0.15) is 30.5 Å². The average Bonchev–Trinajstić information content (AvgIpc) is 2.64. The molecule has 6 heteroatoms. The Bertz CT molecular complexity index is 993. The number of aryl methyl sites for hydroxylation is 1. The lowest BCUT2D eigenvalue weighted by Crippen LogP contribution is -2.32. The van der Waals surface area contributed by atoms with E-state index in [-0.39, 0.29) is 37.0 Å². The molecule has 2 aromatic carbocycles. The number of rotatable bonds is 4. The molecular formula is C22H26IN3O2. The Kier molecular flexibility index (Phi) is 5.61. The molecule has 0 aromatic heterocycles. The lowest BCUT2D eigenvalue weighted by atomic mass is 9.80. The van der Waals surface area contributed by atoms with Gasteiger partial charge in [0.05, 0.1) is 4.92 Å². The first-order chi connectivity index (χ1) is 13.1. The minimum atomic E-state index is -0.359. The number of nitro groups is 1. The predicted molar refractivity (Wildman–Crippen MR) is 128 cm³/mol. The Balaban J connectivity index is 1.98. The second-order valence-corrected chi connectivity index (χ2v) is 10.9. The molecule has 0 aliphatic carbocycles. The SMILES string of the molecule is Cc1cc(N(C)C)ccc1/C=C/C1=IN(C)c2ccc([N+](=O)[O-])cc2C1(C)C. The minimum absolute atomic E-state index is 0.152. The van der Waals surface area contributed by atoms with Crippen molar-refractivity contribution in [3.8, 4) is 0 Å². The van der Waals surface area contributed by atoms with E-state index in [2.05, 4.69) is 66.2 Å². The van der Waals surface area contributed by atoms with Gasteiger partial charge in [-0.05, 0) is 41.8 Å². The molecule has 0 radical (unpaired) electrons. The highest BCUT2D eigenvalue weighted by Gasteiger charge is 2.34. The van der Waals surface area contributed by atoms with Crippen LogP contribution in [-0.2, 0) is 5.41 Å². The largest absolute Gasteiger partial charge is 0.378 e. The molecule has 1 heterocycles. The topological polar surface area (TPSA) is 49.6 Å². The van der Waals surface area contributed by atoms with Crippen molar-refractivity contribution in [3.05, 3.63) is 69.3 Å². The zero-order valence-electron chi connectivity index (χ0n) is 17.2. The zero-order valence-corrected chi connectivity index (χ0v) is 19.3. The lowest BCUT2D eigenvalue weighted by Gasteiger charge is -2.36. The summed E-state index contributed by atoms with van der Waals surface area (Å²) in [6.07, 6.45) is 4.41. The molecule has 0 amide bonds. The summed E-state index contributed by atoms with van der Waals surface area (Å²) in [7, 11) is 6.17. The van der Waals surface area contributed by atoms with Crippen LogP contribution in [0.4, 0.5) is 17.1 Å². The molecule has 0 unspecified atom stereocenters. The van der Waals surface area contributed by atoms with Gasteiger partial charge in [0, 0.05) is 74.6 Å². The van der Waals surface area contributed by atoms with Gasteiger partial charge in [0.15, 0.2) is 0 Å². The Labute approximate surface area is 176 Å². The molecule has 28 heavy (non-hydrogen) atoms. The monoisotopic (exact) mass is 491 g/mol. The number of non-ortho nitro benzene ring substituents is 1. The molecule has 1 aliphatic heterocycles. The molecule has 0 bridgehead atoms. The van der Waals surface area contributed by atoms with Crippen molar-refractivity contribution in [2.75, 3.05) is 29.2 Å². The van der Waals surface area contributed by atoms with Gasteiger partial charge in [-0.3, -0.25) is 10.1 Å². The third-order valence-electron chi connectivity index (χ3n) is 5.19. The molecule has 3 rings (SSSR count). The van der Waals surface area contributed by atoms with Crippen molar-refractivity contribution in [2.24, 2.45) is 0 Å². The number of hydrogen-bond acceptors (Lipinski definition) is 4. The van der Waals surface area contributed by atoms with Crippen molar-refractivity contribution in [1.29, 1.82) is 0 Å². The van der Waals surface area contributed by atoms with E-state index >= 15 is 0 Å². The summed E-state index contributed by atoms with van der Waals surface area (Å²) >= 11 is -0.359. The normalized spacial score (nSPS) is 15.6. The summed E-state index contributed by atoms with van der Waals surface area (Å²) < 4.78 is 3.61. The summed E-state index contributed by atoms with van der Waals surface area (Å²) in [5, 5.41) is 11.3. The van der Waals surface area contributed by atoms with E-state index in [4.69, 9.17) is 0 Å². The van der Waals surface area contributed by atoms with Crippen LogP contribution in [-0.4, -0.2) is 29.6 Å². The number of fused-ring (bicyclic) bond motifs is 1. The number of halogens is 1. The van der Waals surface area contributed by atoms with Crippen molar-refractivity contribution in [2.45, 2.75) is 26.2 Å². The van der Waals surface area contributed by atoms with Crippen LogP contribution in [0, 0.1) is 17.0 Å². The number of nitrogens with zero attached hydrogens (tertiary/aromatic N) is 3. The highest BCUT2D eigenvalue weighted by atomic mass is 127. The second-order valence-electron chi connectivity index (χ2n) is 7.76. The standard InChI is InChI=1S/C22H26IN3O2/c1-15-13-17(24(4)5)9-7-16(15)8-12-21-22(2,3)19-14-18(26(27)28)10-11-20(19)25(6)23-21/h7-14H,1-6H3/b12-8+. The molecule has 5 nitrogen and oxygen atoms in total. The Hall–Kier alpha value is -2.22. The van der Waals surface area contributed by atoms with Crippen LogP contribution in [0.25, 0.3) is 6.08 Å². The van der Waals surface area contributed by atoms with Gasteiger partial charge in [-0.2, -0.15) is 0 Å². The third-order valence-corrected chi connectivity index (χ3v) is 8.66. The molecule has 0 spiro atoms. The van der Waals surface area contributed by atoms with Crippen molar-refractivity contribution >= 4 is 47.7 Å². The van der Waals surface area contributed by atoms with Crippen LogP contribution in [0.2, 0.25) is 0 Å². The Morgan fingerprint density at radius 2 is 1.86 bits per heavy atom. The van der Waals surface area contributed by atoms with E-state index < -0.39 is 0 Å². The predicted octanol–water partition coefficient (Wildman–Crippen LogP) is 5.47. The molecule has 0 fully saturated rings. The fourth-order valence-electron chi connectivity index (χ4n) is 3.35. The summed E-state index contributed by atoms with van der Waals surface area (Å²) in [5.74, 6) is 0. The number of anilines is 2. The summed E-state index contributed by atoms with van der Waals surface area (Å²) in [4.78, 5) is 13.0. The van der Waals surface area contributed by atoms with Crippen LogP contribution >= 0.6 is 21.0 Å². The molecule has 0 atom stereocenters. The molecule has 0 saturated heterocycles. The highest BCUT2D eigenvalue weighted by Crippen LogP contribution is 2.44. The van der Waals surface area contributed by atoms with E-state index in [9.17, 15) is 10.1 Å². The van der Waals surface area contributed by atoms with Gasteiger partial charge in [0.25, 0.3) is 5.69 Å². The summed E-state index contributed by atoms with van der Waals surface area (Å²) in [6, 6.07) is 11.7.